The van der Waals surface area contributed by atoms with Gasteiger partial charge in [-0.1, -0.05) is 18.2 Å². The van der Waals surface area contributed by atoms with Crippen molar-refractivity contribution < 1.29 is 13.9 Å². The van der Waals surface area contributed by atoms with E-state index in [2.05, 4.69) is 20.4 Å². The number of amides is 1. The van der Waals surface area contributed by atoms with Crippen LogP contribution in [0, 0.1) is 5.82 Å². The molecule has 2 aromatic carbocycles. The fourth-order valence-electron chi connectivity index (χ4n) is 4.31. The number of halogens is 2. The lowest BCUT2D eigenvalue weighted by molar-refractivity contribution is -0.116. The molecular weight excluding hydrogens is 459 g/mol. The second kappa shape index (κ2) is 12.1. The Bertz CT molecular complexity index is 1180. The van der Waals surface area contributed by atoms with E-state index in [1.165, 1.54) is 6.07 Å². The average Bonchev–Trinajstić information content (AvgIpc) is 2.84. The van der Waals surface area contributed by atoms with Crippen molar-refractivity contribution in [2.24, 2.45) is 0 Å². The number of rotatable bonds is 8. The largest absolute Gasteiger partial charge is 0.381 e. The summed E-state index contributed by atoms with van der Waals surface area (Å²) in [6, 6.07) is 11.6. The lowest BCUT2D eigenvalue weighted by atomic mass is 10.0. The summed E-state index contributed by atoms with van der Waals surface area (Å²) in [6.07, 6.45) is 4.45. The van der Waals surface area contributed by atoms with E-state index in [4.69, 9.17) is 4.74 Å². The molecule has 34 heavy (non-hydrogen) atoms. The van der Waals surface area contributed by atoms with Gasteiger partial charge in [-0.15, -0.1) is 12.4 Å². The van der Waals surface area contributed by atoms with E-state index in [9.17, 15) is 14.0 Å². The summed E-state index contributed by atoms with van der Waals surface area (Å²) < 4.78 is 19.8. The van der Waals surface area contributed by atoms with E-state index in [-0.39, 0.29) is 29.6 Å². The molecule has 3 aromatic rings. The Balaban J connectivity index is 0.00000324. The Morgan fingerprint density at radius 1 is 1.18 bits per heavy atom. The molecule has 1 amide bonds. The lowest BCUT2D eigenvalue weighted by Crippen LogP contribution is -2.37. The van der Waals surface area contributed by atoms with Crippen LogP contribution in [0.2, 0.25) is 0 Å². The average molecular weight is 489 g/mol. The van der Waals surface area contributed by atoms with Gasteiger partial charge in [0.25, 0.3) is 5.56 Å². The fraction of sp³-hybridized carbons (Fsp3) is 0.400. The second-order valence-corrected chi connectivity index (χ2v) is 8.42. The Kier molecular flexibility index (Phi) is 9.15. The smallest absolute Gasteiger partial charge is 0.272 e. The molecule has 1 aliphatic heterocycles. The molecule has 0 saturated carbocycles. The number of ether oxygens (including phenoxy) is 1. The highest BCUT2D eigenvalue weighted by Crippen LogP contribution is 2.28. The van der Waals surface area contributed by atoms with Gasteiger partial charge >= 0.3 is 0 Å². The molecule has 0 radical (unpaired) electrons. The highest BCUT2D eigenvalue weighted by Gasteiger charge is 2.18. The van der Waals surface area contributed by atoms with Crippen molar-refractivity contribution in [1.29, 1.82) is 0 Å². The molecule has 7 nitrogen and oxygen atoms in total. The molecule has 9 heteroatoms. The first kappa shape index (κ1) is 25.8. The summed E-state index contributed by atoms with van der Waals surface area (Å²) in [6.45, 7) is 3.00. The van der Waals surface area contributed by atoms with Crippen molar-refractivity contribution in [3.8, 4) is 11.3 Å². The first-order valence-electron chi connectivity index (χ1n) is 11.4. The first-order chi connectivity index (χ1) is 16.0. The minimum Gasteiger partial charge on any atom is -0.381 e. The van der Waals surface area contributed by atoms with Crippen LogP contribution in [0.25, 0.3) is 22.0 Å². The molecule has 0 unspecified atom stereocenters. The molecule has 2 heterocycles. The van der Waals surface area contributed by atoms with E-state index in [0.717, 1.165) is 45.3 Å². The number of benzene rings is 2. The van der Waals surface area contributed by atoms with Crippen LogP contribution in [-0.2, 0) is 9.53 Å². The zero-order valence-corrected chi connectivity index (χ0v) is 20.0. The van der Waals surface area contributed by atoms with Crippen LogP contribution in [0.1, 0.15) is 32.1 Å². The van der Waals surface area contributed by atoms with E-state index in [0.29, 0.717) is 34.6 Å². The van der Waals surface area contributed by atoms with Crippen LogP contribution in [0.15, 0.2) is 47.3 Å². The van der Waals surface area contributed by atoms with Gasteiger partial charge in [-0.3, -0.25) is 9.59 Å². The normalized spacial score (nSPS) is 14.6. The Morgan fingerprint density at radius 3 is 2.65 bits per heavy atom. The third-order valence-corrected chi connectivity index (χ3v) is 6.21. The predicted octanol–water partition coefficient (Wildman–Crippen LogP) is 4.37. The maximum Gasteiger partial charge on any atom is 0.272 e. The number of methoxy groups -OCH3 is 1. The van der Waals surface area contributed by atoms with Crippen molar-refractivity contribution in [2.75, 3.05) is 32.1 Å². The van der Waals surface area contributed by atoms with Gasteiger partial charge in [0, 0.05) is 37.6 Å². The van der Waals surface area contributed by atoms with E-state index in [1.807, 2.05) is 6.07 Å². The molecule has 0 aliphatic carbocycles. The highest BCUT2D eigenvalue weighted by atomic mass is 35.5. The van der Waals surface area contributed by atoms with Gasteiger partial charge in [0.1, 0.15) is 5.82 Å². The monoisotopic (exact) mass is 488 g/mol. The molecular formula is C25H30ClFN4O3. The fourth-order valence-corrected chi connectivity index (χ4v) is 4.31. The van der Waals surface area contributed by atoms with Crippen molar-refractivity contribution in [2.45, 2.75) is 38.2 Å². The number of nitrogens with zero attached hydrogens (tertiary/aromatic N) is 2. The Morgan fingerprint density at radius 2 is 1.91 bits per heavy atom. The van der Waals surface area contributed by atoms with Gasteiger partial charge in [0.05, 0.1) is 22.9 Å². The van der Waals surface area contributed by atoms with Crippen LogP contribution in [0.3, 0.4) is 0 Å². The number of unbranched alkanes of at least 4 members (excludes halogenated alkanes) is 1. The Hall–Kier alpha value is -2.81. The van der Waals surface area contributed by atoms with Gasteiger partial charge in [0.15, 0.2) is 0 Å². The molecule has 0 spiro atoms. The van der Waals surface area contributed by atoms with Gasteiger partial charge in [-0.25, -0.2) is 9.49 Å². The molecule has 4 rings (SSSR count). The summed E-state index contributed by atoms with van der Waals surface area (Å²) in [5.41, 5.74) is 0.959. The number of anilines is 1. The number of aromatic amines is 1. The number of H-pyrrole nitrogens is 1. The summed E-state index contributed by atoms with van der Waals surface area (Å²) in [4.78, 5) is 26.9. The predicted molar refractivity (Wildman–Crippen MR) is 134 cm³/mol. The third-order valence-electron chi connectivity index (χ3n) is 6.21. The number of nitrogens with one attached hydrogen (secondary N) is 2. The van der Waals surface area contributed by atoms with E-state index < -0.39 is 5.82 Å². The molecule has 0 atom stereocenters. The van der Waals surface area contributed by atoms with Crippen molar-refractivity contribution >= 4 is 34.8 Å². The maximum atomic E-state index is 14.4. The number of carbonyl (C=O) groups excluding carboxylic acids is 1. The molecule has 1 aromatic heterocycles. The summed E-state index contributed by atoms with van der Waals surface area (Å²) in [7, 11) is 1.76. The highest BCUT2D eigenvalue weighted by molar-refractivity contribution is 5.95. The summed E-state index contributed by atoms with van der Waals surface area (Å²) in [5.74, 6) is -0.731. The number of piperidine rings is 1. The molecule has 2 N–H and O–H groups in total. The van der Waals surface area contributed by atoms with Crippen molar-refractivity contribution in [3.05, 3.63) is 58.6 Å². The van der Waals surface area contributed by atoms with Crippen LogP contribution in [-0.4, -0.2) is 53.9 Å². The maximum absolute atomic E-state index is 14.4. The van der Waals surface area contributed by atoms with Gasteiger partial charge < -0.3 is 15.0 Å². The topological polar surface area (TPSA) is 87.3 Å². The number of hydrogen-bond acceptors (Lipinski definition) is 5. The standard InChI is InChI=1S/C25H29FN4O3.ClH/c1-33-18-11-14-30(15-12-18)13-5-4-8-23(31)27-22-16-17(9-10-21(22)26)24-19-6-2-3-7-20(19)25(32)29-28-24;/h2-3,6-7,9-10,16,18H,4-5,8,11-15H2,1H3,(H,27,31)(H,29,32);1H. The minimum absolute atomic E-state index is 0. The Labute approximate surface area is 204 Å². The summed E-state index contributed by atoms with van der Waals surface area (Å²) >= 11 is 0. The second-order valence-electron chi connectivity index (χ2n) is 8.42. The number of fused-ring (bicyclic) bond motifs is 1. The van der Waals surface area contributed by atoms with Crippen LogP contribution < -0.4 is 10.9 Å². The summed E-state index contributed by atoms with van der Waals surface area (Å²) in [5, 5.41) is 10.5. The lowest BCUT2D eigenvalue weighted by Gasteiger charge is -2.31. The van der Waals surface area contributed by atoms with E-state index in [1.54, 1.807) is 37.4 Å². The third kappa shape index (κ3) is 6.20. The quantitative estimate of drug-likeness (QED) is 0.460. The zero-order valence-electron chi connectivity index (χ0n) is 19.2. The number of hydrogen-bond donors (Lipinski definition) is 2. The number of likely N-dealkylation sites (tertiary alicyclic amines) is 1. The minimum atomic E-state index is -0.512. The van der Waals surface area contributed by atoms with Crippen LogP contribution in [0.5, 0.6) is 0 Å². The molecule has 1 fully saturated rings. The van der Waals surface area contributed by atoms with E-state index >= 15 is 0 Å². The van der Waals surface area contributed by atoms with Crippen molar-refractivity contribution in [3.63, 3.8) is 0 Å². The van der Waals surface area contributed by atoms with Crippen molar-refractivity contribution in [1.82, 2.24) is 15.1 Å². The SMILES string of the molecule is COC1CCN(CCCCC(=O)Nc2cc(-c3n[nH]c(=O)c4ccccc34)ccc2F)CC1.Cl. The number of aromatic nitrogens is 2. The molecule has 0 bridgehead atoms. The van der Waals surface area contributed by atoms with Gasteiger partial charge in [-0.05, 0) is 56.5 Å². The molecule has 1 saturated heterocycles. The first-order valence-corrected chi connectivity index (χ1v) is 11.4. The van der Waals surface area contributed by atoms with Gasteiger partial charge in [0.2, 0.25) is 5.91 Å². The zero-order chi connectivity index (χ0) is 23.2. The van der Waals surface area contributed by atoms with Crippen LogP contribution in [0.4, 0.5) is 10.1 Å². The molecule has 182 valence electrons. The van der Waals surface area contributed by atoms with Crippen LogP contribution >= 0.6 is 12.4 Å². The molecule has 1 aliphatic rings. The van der Waals surface area contributed by atoms with Gasteiger partial charge in [-0.2, -0.15) is 5.10 Å². The number of carbonyl (C=O) groups is 1.